The monoisotopic (exact) mass is 254 g/mol. The van der Waals surface area contributed by atoms with E-state index in [9.17, 15) is 0 Å². The maximum absolute atomic E-state index is 5.26. The van der Waals surface area contributed by atoms with Gasteiger partial charge >= 0.3 is 0 Å². The Balaban J connectivity index is 1.57. The molecule has 0 saturated heterocycles. The quantitative estimate of drug-likeness (QED) is 0.891. The highest BCUT2D eigenvalue weighted by Crippen LogP contribution is 2.40. The van der Waals surface area contributed by atoms with Crippen molar-refractivity contribution in [3.8, 4) is 5.88 Å². The van der Waals surface area contributed by atoms with Gasteiger partial charge in [-0.05, 0) is 18.1 Å². The van der Waals surface area contributed by atoms with Crippen LogP contribution in [-0.4, -0.2) is 18.1 Å². The first-order chi connectivity index (χ1) is 9.38. The van der Waals surface area contributed by atoms with E-state index in [1.165, 1.54) is 12.0 Å². The fourth-order valence-corrected chi connectivity index (χ4v) is 2.47. The zero-order valence-electron chi connectivity index (χ0n) is 11.0. The number of hydrogen-bond donors (Lipinski definition) is 1. The molecule has 1 saturated carbocycles. The zero-order chi connectivity index (χ0) is 13.1. The van der Waals surface area contributed by atoms with Crippen LogP contribution in [0.15, 0.2) is 48.7 Å². The van der Waals surface area contributed by atoms with E-state index < -0.39 is 0 Å². The molecule has 1 aromatic carbocycles. The minimum absolute atomic E-state index is 0.576. The van der Waals surface area contributed by atoms with Gasteiger partial charge < -0.3 is 10.1 Å². The second kappa shape index (κ2) is 5.41. The molecule has 0 amide bonds. The van der Waals surface area contributed by atoms with Crippen LogP contribution in [0, 0.1) is 0 Å². The Morgan fingerprint density at radius 1 is 1.21 bits per heavy atom. The van der Waals surface area contributed by atoms with Gasteiger partial charge in [0.2, 0.25) is 5.88 Å². The van der Waals surface area contributed by atoms with Crippen molar-refractivity contribution in [3.05, 3.63) is 59.8 Å². The fourth-order valence-electron chi connectivity index (χ4n) is 2.47. The number of aromatic nitrogens is 1. The van der Waals surface area contributed by atoms with Crippen molar-refractivity contribution in [2.45, 2.75) is 24.9 Å². The molecule has 0 aliphatic heterocycles. The Morgan fingerprint density at radius 2 is 2.05 bits per heavy atom. The molecule has 1 aromatic heterocycles. The number of nitrogens with zero attached hydrogens (tertiary/aromatic N) is 1. The summed E-state index contributed by atoms with van der Waals surface area (Å²) in [7, 11) is 1.66. The molecule has 0 bridgehead atoms. The van der Waals surface area contributed by atoms with Crippen molar-refractivity contribution in [3.63, 3.8) is 0 Å². The van der Waals surface area contributed by atoms with Crippen LogP contribution in [0.2, 0.25) is 0 Å². The molecule has 98 valence electrons. The van der Waals surface area contributed by atoms with Gasteiger partial charge in [-0.15, -0.1) is 0 Å². The Labute approximate surface area is 113 Å². The lowest BCUT2D eigenvalue weighted by Gasteiger charge is -2.08. The number of rotatable bonds is 5. The molecule has 3 nitrogen and oxygen atoms in total. The van der Waals surface area contributed by atoms with Gasteiger partial charge in [-0.25, -0.2) is 4.98 Å². The number of methoxy groups -OCH3 is 1. The summed E-state index contributed by atoms with van der Waals surface area (Å²) in [6.45, 7) is 0.811. The van der Waals surface area contributed by atoms with Gasteiger partial charge in [0.25, 0.3) is 0 Å². The average Bonchev–Trinajstić information content (AvgIpc) is 3.26. The fraction of sp³-hybridized carbons (Fsp3) is 0.312. The summed E-state index contributed by atoms with van der Waals surface area (Å²) < 4.78 is 5.26. The van der Waals surface area contributed by atoms with E-state index >= 15 is 0 Å². The van der Waals surface area contributed by atoms with Gasteiger partial charge in [-0.3, -0.25) is 0 Å². The average molecular weight is 254 g/mol. The Morgan fingerprint density at radius 3 is 2.84 bits per heavy atom. The van der Waals surface area contributed by atoms with Crippen LogP contribution >= 0.6 is 0 Å². The van der Waals surface area contributed by atoms with Crippen LogP contribution in [0.5, 0.6) is 5.88 Å². The molecule has 2 aromatic rings. The first-order valence-corrected chi connectivity index (χ1v) is 6.64. The van der Waals surface area contributed by atoms with Crippen molar-refractivity contribution >= 4 is 0 Å². The molecule has 0 spiro atoms. The van der Waals surface area contributed by atoms with E-state index in [1.54, 1.807) is 13.3 Å². The Kier molecular flexibility index (Phi) is 3.47. The largest absolute Gasteiger partial charge is 0.481 e. The van der Waals surface area contributed by atoms with Crippen LogP contribution in [0.1, 0.15) is 23.5 Å². The third-order valence-corrected chi connectivity index (χ3v) is 3.62. The first-order valence-electron chi connectivity index (χ1n) is 6.64. The zero-order valence-corrected chi connectivity index (χ0v) is 11.0. The van der Waals surface area contributed by atoms with E-state index in [-0.39, 0.29) is 0 Å². The molecule has 2 atom stereocenters. The van der Waals surface area contributed by atoms with Crippen LogP contribution in [0.25, 0.3) is 0 Å². The van der Waals surface area contributed by atoms with E-state index in [0.29, 0.717) is 17.8 Å². The lowest BCUT2D eigenvalue weighted by molar-refractivity contribution is 0.390. The number of hydrogen-bond acceptors (Lipinski definition) is 3. The standard InChI is InChI=1S/C16H18N2O/c1-19-16-13(8-5-9-17-16)11-18-15-10-14(15)12-6-3-2-4-7-12/h2-9,14-15,18H,10-11H2,1H3/t14?,15-/m0/s1. The molecule has 1 aliphatic carbocycles. The maximum Gasteiger partial charge on any atom is 0.217 e. The topological polar surface area (TPSA) is 34.1 Å². The second-order valence-corrected chi connectivity index (χ2v) is 4.91. The Hall–Kier alpha value is -1.87. The van der Waals surface area contributed by atoms with Crippen molar-refractivity contribution in [1.29, 1.82) is 0 Å². The molecule has 1 unspecified atom stereocenters. The highest BCUT2D eigenvalue weighted by molar-refractivity contribution is 5.29. The van der Waals surface area contributed by atoms with Crippen LogP contribution < -0.4 is 10.1 Å². The molecule has 1 heterocycles. The number of benzene rings is 1. The lowest BCUT2D eigenvalue weighted by Crippen LogP contribution is -2.18. The van der Waals surface area contributed by atoms with E-state index in [1.807, 2.05) is 6.07 Å². The van der Waals surface area contributed by atoms with Crippen LogP contribution in [-0.2, 0) is 6.54 Å². The second-order valence-electron chi connectivity index (χ2n) is 4.91. The minimum Gasteiger partial charge on any atom is -0.481 e. The highest BCUT2D eigenvalue weighted by atomic mass is 16.5. The molecular formula is C16H18N2O. The molecule has 3 heteroatoms. The van der Waals surface area contributed by atoms with Gasteiger partial charge in [0.1, 0.15) is 0 Å². The Bertz CT molecular complexity index is 541. The molecule has 1 N–H and O–H groups in total. The van der Waals surface area contributed by atoms with Gasteiger partial charge in [0.15, 0.2) is 0 Å². The molecule has 0 radical (unpaired) electrons. The number of nitrogens with one attached hydrogen (secondary N) is 1. The van der Waals surface area contributed by atoms with Crippen molar-refractivity contribution in [2.75, 3.05) is 7.11 Å². The van der Waals surface area contributed by atoms with Crippen molar-refractivity contribution < 1.29 is 4.74 Å². The summed E-state index contributed by atoms with van der Waals surface area (Å²) >= 11 is 0. The van der Waals surface area contributed by atoms with E-state index in [2.05, 4.69) is 46.7 Å². The SMILES string of the molecule is COc1ncccc1CN[C@H]1CC1c1ccccc1. The van der Waals surface area contributed by atoms with Gasteiger partial charge in [0, 0.05) is 30.3 Å². The molecule has 1 aliphatic rings. The lowest BCUT2D eigenvalue weighted by atomic mass is 10.1. The first kappa shape index (κ1) is 12.2. The molecule has 1 fully saturated rings. The van der Waals surface area contributed by atoms with E-state index in [0.717, 1.165) is 12.1 Å². The summed E-state index contributed by atoms with van der Waals surface area (Å²) in [4.78, 5) is 4.21. The van der Waals surface area contributed by atoms with Crippen LogP contribution in [0.4, 0.5) is 0 Å². The third-order valence-electron chi connectivity index (χ3n) is 3.62. The van der Waals surface area contributed by atoms with E-state index in [4.69, 9.17) is 4.74 Å². The summed E-state index contributed by atoms with van der Waals surface area (Å²) in [5, 5.41) is 3.58. The van der Waals surface area contributed by atoms with Gasteiger partial charge in [0.05, 0.1) is 7.11 Å². The van der Waals surface area contributed by atoms with Crippen molar-refractivity contribution in [2.24, 2.45) is 0 Å². The number of pyridine rings is 1. The third kappa shape index (κ3) is 2.76. The normalized spacial score (nSPS) is 21.1. The number of ether oxygens (including phenoxy) is 1. The predicted octanol–water partition coefficient (Wildman–Crippen LogP) is 2.74. The summed E-state index contributed by atoms with van der Waals surface area (Å²) in [6, 6.07) is 15.3. The highest BCUT2D eigenvalue weighted by Gasteiger charge is 2.37. The predicted molar refractivity (Wildman–Crippen MR) is 75.2 cm³/mol. The van der Waals surface area contributed by atoms with Gasteiger partial charge in [-0.2, -0.15) is 0 Å². The van der Waals surface area contributed by atoms with Crippen LogP contribution in [0.3, 0.4) is 0 Å². The molecule has 3 rings (SSSR count). The summed E-state index contributed by atoms with van der Waals surface area (Å²) in [5.41, 5.74) is 2.54. The maximum atomic E-state index is 5.26. The van der Waals surface area contributed by atoms with Gasteiger partial charge in [-0.1, -0.05) is 36.4 Å². The summed E-state index contributed by atoms with van der Waals surface area (Å²) in [6.07, 6.45) is 2.97. The molecular weight excluding hydrogens is 236 g/mol. The van der Waals surface area contributed by atoms with Crippen molar-refractivity contribution in [1.82, 2.24) is 10.3 Å². The summed E-state index contributed by atoms with van der Waals surface area (Å²) in [5.74, 6) is 1.37. The minimum atomic E-state index is 0.576. The smallest absolute Gasteiger partial charge is 0.217 e. The molecule has 19 heavy (non-hydrogen) atoms.